The highest BCUT2D eigenvalue weighted by atomic mass is 79.9. The highest BCUT2D eigenvalue weighted by molar-refractivity contribution is 9.10. The molecule has 0 saturated carbocycles. The molecule has 6 heteroatoms. The number of benzene rings is 3. The van der Waals surface area contributed by atoms with Gasteiger partial charge in [0, 0.05) is 16.1 Å². The lowest BCUT2D eigenvalue weighted by atomic mass is 10.1. The van der Waals surface area contributed by atoms with Crippen LogP contribution >= 0.6 is 15.9 Å². The largest absolute Gasteiger partial charge is 0.508 e. The zero-order chi connectivity index (χ0) is 22.2. The van der Waals surface area contributed by atoms with Crippen LogP contribution in [-0.4, -0.2) is 23.0 Å². The summed E-state index contributed by atoms with van der Waals surface area (Å²) < 4.78 is 0.920. The normalized spacial score (nSPS) is 12.1. The van der Waals surface area contributed by atoms with Crippen LogP contribution in [0, 0.1) is 0 Å². The number of amides is 2. The van der Waals surface area contributed by atoms with Gasteiger partial charge in [0.05, 0.1) is 0 Å². The molecular weight excluding hydrogens is 456 g/mol. The molecule has 1 atom stereocenters. The zero-order valence-corrected chi connectivity index (χ0v) is 18.6. The van der Waals surface area contributed by atoms with E-state index in [1.165, 1.54) is 0 Å². The summed E-state index contributed by atoms with van der Waals surface area (Å²) in [6, 6.07) is 22.9. The summed E-state index contributed by atoms with van der Waals surface area (Å²) in [6.45, 7) is 1.87. The van der Waals surface area contributed by atoms with Crippen LogP contribution in [0.4, 0.5) is 0 Å². The number of carbonyl (C=O) groups excluding carboxylic acids is 2. The van der Waals surface area contributed by atoms with Crippen molar-refractivity contribution >= 4 is 33.8 Å². The molecule has 0 saturated heterocycles. The Hall–Kier alpha value is -3.38. The van der Waals surface area contributed by atoms with Gasteiger partial charge in [-0.05, 0) is 66.9 Å². The fourth-order valence-electron chi connectivity index (χ4n) is 3.06. The van der Waals surface area contributed by atoms with Crippen molar-refractivity contribution in [3.05, 3.63) is 106 Å². The Morgan fingerprint density at radius 2 is 1.71 bits per heavy atom. The predicted octanol–water partition coefficient (Wildman–Crippen LogP) is 4.67. The first-order valence-electron chi connectivity index (χ1n) is 9.83. The number of carbonyl (C=O) groups is 2. The van der Waals surface area contributed by atoms with Crippen LogP contribution in [0.2, 0.25) is 0 Å². The number of halogens is 1. The van der Waals surface area contributed by atoms with Crippen molar-refractivity contribution < 1.29 is 14.7 Å². The lowest BCUT2D eigenvalue weighted by Crippen LogP contribution is -2.40. The van der Waals surface area contributed by atoms with Crippen molar-refractivity contribution in [2.75, 3.05) is 0 Å². The minimum Gasteiger partial charge on any atom is -0.508 e. The standard InChI is InChI=1S/C25H23BrN2O3/c1-17(14-19-6-5-9-22(29)15-19)27-25(31)23(16-18-10-12-21(26)13-11-18)28-24(30)20-7-3-2-4-8-20/h2-13,15-17,29H,14H2,1H3,(H,27,31)(H,28,30)/b23-16-. The quantitative estimate of drug-likeness (QED) is 0.431. The Morgan fingerprint density at radius 3 is 2.39 bits per heavy atom. The Kier molecular flexibility index (Phi) is 7.62. The molecule has 3 rings (SSSR count). The van der Waals surface area contributed by atoms with Crippen molar-refractivity contribution in [1.29, 1.82) is 0 Å². The van der Waals surface area contributed by atoms with Gasteiger partial charge in [-0.15, -0.1) is 0 Å². The number of phenols is 1. The lowest BCUT2D eigenvalue weighted by molar-refractivity contribution is -0.118. The summed E-state index contributed by atoms with van der Waals surface area (Å²) >= 11 is 3.39. The van der Waals surface area contributed by atoms with E-state index < -0.39 is 0 Å². The Labute approximate surface area is 189 Å². The maximum atomic E-state index is 13.0. The summed E-state index contributed by atoms with van der Waals surface area (Å²) in [5, 5.41) is 15.3. The van der Waals surface area contributed by atoms with E-state index in [0.717, 1.165) is 15.6 Å². The molecule has 0 bridgehead atoms. The van der Waals surface area contributed by atoms with E-state index in [9.17, 15) is 14.7 Å². The van der Waals surface area contributed by atoms with Crippen molar-refractivity contribution in [2.45, 2.75) is 19.4 Å². The molecule has 2 amide bonds. The van der Waals surface area contributed by atoms with Crippen molar-refractivity contribution in [2.24, 2.45) is 0 Å². The molecule has 0 radical (unpaired) electrons. The van der Waals surface area contributed by atoms with Crippen molar-refractivity contribution in [3.8, 4) is 5.75 Å². The molecule has 0 aromatic heterocycles. The third-order valence-electron chi connectivity index (χ3n) is 4.54. The van der Waals surface area contributed by atoms with Gasteiger partial charge in [0.15, 0.2) is 0 Å². The smallest absolute Gasteiger partial charge is 0.268 e. The van der Waals surface area contributed by atoms with E-state index in [0.29, 0.717) is 12.0 Å². The second-order valence-corrected chi connectivity index (χ2v) is 8.09. The first-order valence-corrected chi connectivity index (χ1v) is 10.6. The number of aromatic hydroxyl groups is 1. The van der Waals surface area contributed by atoms with Gasteiger partial charge in [0.2, 0.25) is 0 Å². The van der Waals surface area contributed by atoms with Gasteiger partial charge in [-0.25, -0.2) is 0 Å². The predicted molar refractivity (Wildman–Crippen MR) is 125 cm³/mol. The molecule has 3 N–H and O–H groups in total. The van der Waals surface area contributed by atoms with E-state index in [2.05, 4.69) is 26.6 Å². The molecule has 31 heavy (non-hydrogen) atoms. The summed E-state index contributed by atoms with van der Waals surface area (Å²) in [5.41, 5.74) is 2.30. The fraction of sp³-hybridized carbons (Fsp3) is 0.120. The SMILES string of the molecule is CC(Cc1cccc(O)c1)NC(=O)/C(=C/c1ccc(Br)cc1)NC(=O)c1ccccc1. The highest BCUT2D eigenvalue weighted by Gasteiger charge is 2.17. The summed E-state index contributed by atoms with van der Waals surface area (Å²) in [7, 11) is 0. The Bertz CT molecular complexity index is 1080. The van der Waals surface area contributed by atoms with Crippen LogP contribution in [0.25, 0.3) is 6.08 Å². The molecule has 0 aliphatic heterocycles. The lowest BCUT2D eigenvalue weighted by Gasteiger charge is -2.17. The zero-order valence-electron chi connectivity index (χ0n) is 17.0. The maximum Gasteiger partial charge on any atom is 0.268 e. The molecule has 3 aromatic rings. The van der Waals surface area contributed by atoms with Crippen LogP contribution in [0.1, 0.15) is 28.4 Å². The van der Waals surface area contributed by atoms with Crippen LogP contribution in [0.15, 0.2) is 89.0 Å². The third kappa shape index (κ3) is 6.83. The second kappa shape index (κ2) is 10.6. The van der Waals surface area contributed by atoms with Gasteiger partial charge in [-0.3, -0.25) is 9.59 Å². The Balaban J connectivity index is 1.78. The van der Waals surface area contributed by atoms with E-state index in [1.54, 1.807) is 48.5 Å². The molecule has 0 heterocycles. The number of nitrogens with one attached hydrogen (secondary N) is 2. The number of hydrogen-bond acceptors (Lipinski definition) is 3. The Morgan fingerprint density at radius 1 is 1.00 bits per heavy atom. The average molecular weight is 479 g/mol. The van der Waals surface area contributed by atoms with Crippen molar-refractivity contribution in [1.82, 2.24) is 10.6 Å². The average Bonchev–Trinajstić information content (AvgIpc) is 2.75. The highest BCUT2D eigenvalue weighted by Crippen LogP contribution is 2.15. The molecule has 0 spiro atoms. The van der Waals surface area contributed by atoms with Crippen LogP contribution in [-0.2, 0) is 11.2 Å². The molecule has 0 aliphatic carbocycles. The van der Waals surface area contributed by atoms with Gasteiger partial charge >= 0.3 is 0 Å². The minimum absolute atomic E-state index is 0.152. The number of hydrogen-bond donors (Lipinski definition) is 3. The minimum atomic E-state index is -0.389. The van der Waals surface area contributed by atoms with E-state index in [-0.39, 0.29) is 29.3 Å². The maximum absolute atomic E-state index is 13.0. The number of phenolic OH excluding ortho intramolecular Hbond substituents is 1. The van der Waals surface area contributed by atoms with Gasteiger partial charge in [0.25, 0.3) is 11.8 Å². The van der Waals surface area contributed by atoms with Crippen LogP contribution < -0.4 is 10.6 Å². The van der Waals surface area contributed by atoms with Gasteiger partial charge in [-0.1, -0.05) is 58.4 Å². The first kappa shape index (κ1) is 22.3. The molecule has 5 nitrogen and oxygen atoms in total. The van der Waals surface area contributed by atoms with Crippen LogP contribution in [0.5, 0.6) is 5.75 Å². The summed E-state index contributed by atoms with van der Waals surface area (Å²) in [5.74, 6) is -0.568. The van der Waals surface area contributed by atoms with Crippen LogP contribution in [0.3, 0.4) is 0 Å². The molecule has 0 aliphatic rings. The van der Waals surface area contributed by atoms with Gasteiger partial charge in [-0.2, -0.15) is 0 Å². The van der Waals surface area contributed by atoms with E-state index >= 15 is 0 Å². The van der Waals surface area contributed by atoms with Gasteiger partial charge < -0.3 is 15.7 Å². The third-order valence-corrected chi connectivity index (χ3v) is 5.07. The molecule has 158 valence electrons. The molecule has 3 aromatic carbocycles. The second-order valence-electron chi connectivity index (χ2n) is 7.18. The topological polar surface area (TPSA) is 78.4 Å². The monoisotopic (exact) mass is 478 g/mol. The molecule has 1 unspecified atom stereocenters. The molecule has 0 fully saturated rings. The first-order chi connectivity index (χ1) is 14.9. The number of rotatable bonds is 7. The van der Waals surface area contributed by atoms with Crippen molar-refractivity contribution in [3.63, 3.8) is 0 Å². The molecular formula is C25H23BrN2O3. The summed E-state index contributed by atoms with van der Waals surface area (Å²) in [4.78, 5) is 25.6. The van der Waals surface area contributed by atoms with E-state index in [4.69, 9.17) is 0 Å². The van der Waals surface area contributed by atoms with Gasteiger partial charge in [0.1, 0.15) is 11.4 Å². The summed E-state index contributed by atoms with van der Waals surface area (Å²) in [6.07, 6.45) is 2.18. The fourth-order valence-corrected chi connectivity index (χ4v) is 3.32. The van der Waals surface area contributed by atoms with E-state index in [1.807, 2.05) is 43.3 Å².